The molecule has 0 spiro atoms. The van der Waals surface area contributed by atoms with E-state index in [-0.39, 0.29) is 11.9 Å². The van der Waals surface area contributed by atoms with Crippen molar-refractivity contribution in [2.75, 3.05) is 17.2 Å². The number of rotatable bonds is 7. The van der Waals surface area contributed by atoms with Gasteiger partial charge in [0.1, 0.15) is 5.75 Å². The molecule has 0 bridgehead atoms. The number of hydrogen-bond donors (Lipinski definition) is 2. The van der Waals surface area contributed by atoms with Crippen LogP contribution >= 0.6 is 0 Å². The fourth-order valence-electron chi connectivity index (χ4n) is 4.37. The molecule has 6 nitrogen and oxygen atoms in total. The quantitative estimate of drug-likeness (QED) is 0.330. The van der Waals surface area contributed by atoms with E-state index in [9.17, 15) is 4.79 Å². The standard InChI is InChI=1S/C28H28N4O2/c1-3-4-18-34-22-16-14-20(15-17-22)26-25(27(33)30-21-10-6-5-7-11-21)19(2)29-28-31-23-12-8-9-13-24(23)32(26)28/h5-17,26H,3-4,18H2,1-2H3,(H,29,31)(H,30,33)/t26-/m0/s1. The van der Waals surface area contributed by atoms with Crippen molar-refractivity contribution < 1.29 is 9.53 Å². The minimum absolute atomic E-state index is 0.145. The number of para-hydroxylation sites is 3. The third-order valence-electron chi connectivity index (χ3n) is 6.07. The molecule has 0 saturated carbocycles. The Hall–Kier alpha value is -4.06. The average Bonchev–Trinajstić information content (AvgIpc) is 3.22. The van der Waals surface area contributed by atoms with Crippen LogP contribution in [0.15, 0.2) is 90.1 Å². The van der Waals surface area contributed by atoms with Crippen LogP contribution in [0.5, 0.6) is 5.75 Å². The maximum atomic E-state index is 13.6. The number of hydrogen-bond acceptors (Lipinski definition) is 4. The molecule has 5 rings (SSSR count). The summed E-state index contributed by atoms with van der Waals surface area (Å²) in [6.07, 6.45) is 2.11. The van der Waals surface area contributed by atoms with E-state index in [4.69, 9.17) is 9.72 Å². The number of ether oxygens (including phenoxy) is 1. The summed E-state index contributed by atoms with van der Waals surface area (Å²) in [6, 6.07) is 25.2. The second kappa shape index (κ2) is 9.43. The van der Waals surface area contributed by atoms with E-state index in [2.05, 4.69) is 22.1 Å². The molecule has 2 N–H and O–H groups in total. The lowest BCUT2D eigenvalue weighted by atomic mass is 9.94. The number of unbranched alkanes of at least 4 members (excludes halogenated alkanes) is 1. The van der Waals surface area contributed by atoms with Crippen molar-refractivity contribution in [3.8, 4) is 5.75 Å². The van der Waals surface area contributed by atoms with E-state index in [1.54, 1.807) is 0 Å². The highest BCUT2D eigenvalue weighted by atomic mass is 16.5. The van der Waals surface area contributed by atoms with Crippen molar-refractivity contribution in [1.29, 1.82) is 0 Å². The number of nitrogens with zero attached hydrogens (tertiary/aromatic N) is 2. The molecule has 1 amide bonds. The highest BCUT2D eigenvalue weighted by Gasteiger charge is 2.34. The van der Waals surface area contributed by atoms with E-state index in [0.717, 1.165) is 52.5 Å². The molecule has 6 heteroatoms. The van der Waals surface area contributed by atoms with Gasteiger partial charge in [0.15, 0.2) is 0 Å². The zero-order valence-electron chi connectivity index (χ0n) is 19.4. The van der Waals surface area contributed by atoms with Gasteiger partial charge in [-0.25, -0.2) is 4.98 Å². The Bertz CT molecular complexity index is 1340. The second-order valence-electron chi connectivity index (χ2n) is 8.45. The van der Waals surface area contributed by atoms with Gasteiger partial charge in [-0.2, -0.15) is 0 Å². The van der Waals surface area contributed by atoms with Crippen LogP contribution in [0.25, 0.3) is 11.0 Å². The Kier molecular flexibility index (Phi) is 6.04. The Morgan fingerprint density at radius 1 is 1.03 bits per heavy atom. The average molecular weight is 453 g/mol. The number of imidazole rings is 1. The highest BCUT2D eigenvalue weighted by molar-refractivity contribution is 6.06. The summed E-state index contributed by atoms with van der Waals surface area (Å²) in [5.74, 6) is 1.41. The molecule has 1 aliphatic rings. The maximum absolute atomic E-state index is 13.6. The van der Waals surface area contributed by atoms with Gasteiger partial charge in [0, 0.05) is 11.4 Å². The van der Waals surface area contributed by atoms with Crippen LogP contribution in [0.1, 0.15) is 38.3 Å². The first-order valence-electron chi connectivity index (χ1n) is 11.7. The van der Waals surface area contributed by atoms with Crippen molar-refractivity contribution in [2.45, 2.75) is 32.7 Å². The summed E-state index contributed by atoms with van der Waals surface area (Å²) < 4.78 is 7.97. The van der Waals surface area contributed by atoms with Crippen LogP contribution in [0, 0.1) is 0 Å². The molecule has 0 aliphatic carbocycles. The number of benzene rings is 3. The van der Waals surface area contributed by atoms with Gasteiger partial charge < -0.3 is 15.4 Å². The third kappa shape index (κ3) is 4.15. The van der Waals surface area contributed by atoms with Crippen LogP contribution in [0.3, 0.4) is 0 Å². The molecular formula is C28H28N4O2. The summed E-state index contributed by atoms with van der Waals surface area (Å²) in [5.41, 5.74) is 5.03. The van der Waals surface area contributed by atoms with Gasteiger partial charge in [0.25, 0.3) is 5.91 Å². The summed E-state index contributed by atoms with van der Waals surface area (Å²) in [5, 5.41) is 6.42. The number of anilines is 2. The molecule has 3 aromatic carbocycles. The van der Waals surface area contributed by atoms with Crippen molar-refractivity contribution in [3.63, 3.8) is 0 Å². The first-order valence-corrected chi connectivity index (χ1v) is 11.7. The van der Waals surface area contributed by atoms with E-state index in [1.165, 1.54) is 0 Å². The van der Waals surface area contributed by atoms with E-state index in [0.29, 0.717) is 12.2 Å². The predicted molar refractivity (Wildman–Crippen MR) is 136 cm³/mol. The van der Waals surface area contributed by atoms with Crippen molar-refractivity contribution in [3.05, 3.63) is 95.7 Å². The van der Waals surface area contributed by atoms with Gasteiger partial charge in [0.2, 0.25) is 5.95 Å². The first kappa shape index (κ1) is 21.8. The van der Waals surface area contributed by atoms with Crippen LogP contribution in [-0.2, 0) is 4.79 Å². The lowest BCUT2D eigenvalue weighted by Crippen LogP contribution is -2.30. The summed E-state index contributed by atoms with van der Waals surface area (Å²) in [4.78, 5) is 18.4. The maximum Gasteiger partial charge on any atom is 0.255 e. The number of aromatic nitrogens is 2. The predicted octanol–water partition coefficient (Wildman–Crippen LogP) is 6.14. The van der Waals surface area contributed by atoms with Crippen LogP contribution < -0.4 is 15.4 Å². The third-order valence-corrected chi connectivity index (χ3v) is 6.07. The number of carbonyl (C=O) groups is 1. The summed E-state index contributed by atoms with van der Waals surface area (Å²) in [6.45, 7) is 4.77. The second-order valence-corrected chi connectivity index (χ2v) is 8.45. The van der Waals surface area contributed by atoms with Crippen molar-refractivity contribution in [1.82, 2.24) is 9.55 Å². The van der Waals surface area contributed by atoms with Gasteiger partial charge in [0.05, 0.1) is 29.3 Å². The Morgan fingerprint density at radius 3 is 2.53 bits per heavy atom. The SMILES string of the molecule is CCCCOc1ccc([C@H]2C(C(=O)Nc3ccccc3)=C(C)Nc3nc4ccccc4n32)cc1. The van der Waals surface area contributed by atoms with Gasteiger partial charge >= 0.3 is 0 Å². The van der Waals surface area contributed by atoms with Gasteiger partial charge in [-0.05, 0) is 55.3 Å². The largest absolute Gasteiger partial charge is 0.494 e. The number of nitrogens with one attached hydrogen (secondary N) is 2. The van der Waals surface area contributed by atoms with E-state index >= 15 is 0 Å². The smallest absolute Gasteiger partial charge is 0.255 e. The summed E-state index contributed by atoms with van der Waals surface area (Å²) in [7, 11) is 0. The molecule has 1 aliphatic heterocycles. The van der Waals surface area contributed by atoms with Crippen LogP contribution in [0.2, 0.25) is 0 Å². The fourth-order valence-corrected chi connectivity index (χ4v) is 4.37. The Morgan fingerprint density at radius 2 is 1.76 bits per heavy atom. The highest BCUT2D eigenvalue weighted by Crippen LogP contribution is 2.39. The van der Waals surface area contributed by atoms with Gasteiger partial charge in [-0.15, -0.1) is 0 Å². The topological polar surface area (TPSA) is 68.2 Å². The molecule has 0 unspecified atom stereocenters. The zero-order chi connectivity index (χ0) is 23.5. The molecular weight excluding hydrogens is 424 g/mol. The number of carbonyl (C=O) groups excluding carboxylic acids is 1. The molecule has 0 fully saturated rings. The minimum Gasteiger partial charge on any atom is -0.494 e. The minimum atomic E-state index is -0.336. The van der Waals surface area contributed by atoms with E-state index in [1.807, 2.05) is 85.8 Å². The molecule has 1 aromatic heterocycles. The molecule has 2 heterocycles. The lowest BCUT2D eigenvalue weighted by molar-refractivity contribution is -0.113. The van der Waals surface area contributed by atoms with Gasteiger partial charge in [-0.3, -0.25) is 9.36 Å². The molecule has 1 atom stereocenters. The number of amides is 1. The molecule has 0 saturated heterocycles. The normalized spacial score (nSPS) is 15.1. The van der Waals surface area contributed by atoms with E-state index < -0.39 is 0 Å². The Labute approximate surface area is 199 Å². The molecule has 34 heavy (non-hydrogen) atoms. The summed E-state index contributed by atoms with van der Waals surface area (Å²) >= 11 is 0. The molecule has 4 aromatic rings. The number of allylic oxidation sites excluding steroid dienone is 1. The van der Waals surface area contributed by atoms with Gasteiger partial charge in [-0.1, -0.05) is 55.8 Å². The van der Waals surface area contributed by atoms with Crippen LogP contribution in [0.4, 0.5) is 11.6 Å². The lowest BCUT2D eigenvalue weighted by Gasteiger charge is -2.30. The van der Waals surface area contributed by atoms with Crippen molar-refractivity contribution >= 4 is 28.6 Å². The monoisotopic (exact) mass is 452 g/mol. The zero-order valence-corrected chi connectivity index (χ0v) is 19.4. The molecule has 0 radical (unpaired) electrons. The molecule has 172 valence electrons. The number of fused-ring (bicyclic) bond motifs is 3. The fraction of sp³-hybridized carbons (Fsp3) is 0.214. The van der Waals surface area contributed by atoms with Crippen LogP contribution in [-0.4, -0.2) is 22.1 Å². The first-order chi connectivity index (χ1) is 16.7. The van der Waals surface area contributed by atoms with Crippen molar-refractivity contribution in [2.24, 2.45) is 0 Å². The Balaban J connectivity index is 1.57.